The maximum Gasteiger partial charge on any atom is 0.416 e. The number of benzene rings is 1. The van der Waals surface area contributed by atoms with E-state index in [-0.39, 0.29) is 6.54 Å². The van der Waals surface area contributed by atoms with Crippen LogP contribution in [0.4, 0.5) is 17.6 Å². The average Bonchev–Trinajstić information content (AvgIpc) is 2.24. The van der Waals surface area contributed by atoms with Crippen molar-refractivity contribution in [1.82, 2.24) is 10.2 Å². The molecule has 1 aromatic carbocycles. The number of halogens is 4. The van der Waals surface area contributed by atoms with E-state index in [1.165, 1.54) is 0 Å². The number of likely N-dealkylation sites (N-methyl/N-ethyl adjacent to an activating group) is 2. The first kappa shape index (κ1) is 14.9. The second-order valence-corrected chi connectivity index (χ2v) is 4.19. The van der Waals surface area contributed by atoms with Crippen LogP contribution in [0.15, 0.2) is 18.2 Å². The van der Waals surface area contributed by atoms with Crippen molar-refractivity contribution in [3.8, 4) is 0 Å². The molecule has 0 unspecified atom stereocenters. The summed E-state index contributed by atoms with van der Waals surface area (Å²) in [5, 5.41) is 2.94. The van der Waals surface area contributed by atoms with Gasteiger partial charge in [0.2, 0.25) is 0 Å². The number of rotatable bonds is 5. The van der Waals surface area contributed by atoms with Gasteiger partial charge in [0.15, 0.2) is 0 Å². The van der Waals surface area contributed by atoms with Crippen molar-refractivity contribution >= 4 is 0 Å². The lowest BCUT2D eigenvalue weighted by Gasteiger charge is -2.17. The van der Waals surface area contributed by atoms with Crippen LogP contribution >= 0.6 is 0 Å². The number of nitrogens with one attached hydrogen (secondary N) is 1. The van der Waals surface area contributed by atoms with Crippen LogP contribution in [-0.2, 0) is 12.7 Å². The smallest absolute Gasteiger partial charge is 0.318 e. The molecule has 0 heterocycles. The monoisotopic (exact) mass is 264 g/mol. The van der Waals surface area contributed by atoms with E-state index in [4.69, 9.17) is 0 Å². The van der Waals surface area contributed by atoms with Crippen molar-refractivity contribution in [2.75, 3.05) is 27.2 Å². The third-order valence-corrected chi connectivity index (χ3v) is 2.48. The Morgan fingerprint density at radius 3 is 2.44 bits per heavy atom. The van der Waals surface area contributed by atoms with Crippen molar-refractivity contribution < 1.29 is 17.6 Å². The zero-order chi connectivity index (χ0) is 13.8. The maximum atomic E-state index is 13.1. The molecule has 1 rings (SSSR count). The minimum Gasteiger partial charge on any atom is -0.318 e. The molecule has 0 radical (unpaired) electrons. The number of alkyl halides is 3. The fourth-order valence-electron chi connectivity index (χ4n) is 1.60. The van der Waals surface area contributed by atoms with Crippen LogP contribution in [0, 0.1) is 5.82 Å². The fourth-order valence-corrected chi connectivity index (χ4v) is 1.60. The second-order valence-electron chi connectivity index (χ2n) is 4.19. The zero-order valence-electron chi connectivity index (χ0n) is 10.3. The summed E-state index contributed by atoms with van der Waals surface area (Å²) in [5.41, 5.74) is -0.625. The Morgan fingerprint density at radius 2 is 1.89 bits per heavy atom. The molecule has 0 bridgehead atoms. The van der Waals surface area contributed by atoms with Gasteiger partial charge in [-0.05, 0) is 37.9 Å². The molecule has 0 aliphatic heterocycles. The van der Waals surface area contributed by atoms with Gasteiger partial charge in [-0.2, -0.15) is 13.2 Å². The van der Waals surface area contributed by atoms with E-state index < -0.39 is 17.6 Å². The van der Waals surface area contributed by atoms with Gasteiger partial charge < -0.3 is 10.2 Å². The normalized spacial score (nSPS) is 12.2. The van der Waals surface area contributed by atoms with Gasteiger partial charge in [-0.1, -0.05) is 0 Å². The van der Waals surface area contributed by atoms with Gasteiger partial charge in [0.1, 0.15) is 5.82 Å². The van der Waals surface area contributed by atoms with Crippen LogP contribution in [0.3, 0.4) is 0 Å². The molecule has 0 saturated heterocycles. The maximum absolute atomic E-state index is 13.1. The Balaban J connectivity index is 2.80. The van der Waals surface area contributed by atoms with E-state index in [1.807, 2.05) is 4.90 Å². The first-order valence-electron chi connectivity index (χ1n) is 5.52. The molecule has 2 nitrogen and oxygen atoms in total. The highest BCUT2D eigenvalue weighted by atomic mass is 19.4. The molecule has 0 atom stereocenters. The van der Waals surface area contributed by atoms with Gasteiger partial charge in [0, 0.05) is 19.6 Å². The summed E-state index contributed by atoms with van der Waals surface area (Å²) in [6.45, 7) is 1.68. The Hall–Kier alpha value is -1.14. The third-order valence-electron chi connectivity index (χ3n) is 2.48. The molecule has 0 spiro atoms. The Kier molecular flexibility index (Phi) is 5.10. The summed E-state index contributed by atoms with van der Waals surface area (Å²) in [7, 11) is 3.56. The molecule has 102 valence electrons. The molecule has 1 N–H and O–H groups in total. The van der Waals surface area contributed by atoms with Crippen LogP contribution in [0.25, 0.3) is 0 Å². The largest absolute Gasteiger partial charge is 0.416 e. The Labute approximate surface area is 104 Å². The van der Waals surface area contributed by atoms with Gasteiger partial charge in [-0.25, -0.2) is 4.39 Å². The van der Waals surface area contributed by atoms with Crippen LogP contribution in [0.1, 0.15) is 11.1 Å². The van der Waals surface area contributed by atoms with Crippen molar-refractivity contribution in [2.24, 2.45) is 0 Å². The lowest BCUT2D eigenvalue weighted by atomic mass is 10.1. The van der Waals surface area contributed by atoms with E-state index in [9.17, 15) is 17.6 Å². The molecule has 18 heavy (non-hydrogen) atoms. The predicted octanol–water partition coefficient (Wildman–Crippen LogP) is 2.50. The quantitative estimate of drug-likeness (QED) is 0.822. The van der Waals surface area contributed by atoms with Crippen molar-refractivity contribution in [1.29, 1.82) is 0 Å². The second kappa shape index (κ2) is 6.15. The first-order chi connectivity index (χ1) is 8.32. The van der Waals surface area contributed by atoms with Gasteiger partial charge >= 0.3 is 6.18 Å². The summed E-state index contributed by atoms with van der Waals surface area (Å²) >= 11 is 0. The van der Waals surface area contributed by atoms with Crippen molar-refractivity contribution in [2.45, 2.75) is 12.7 Å². The topological polar surface area (TPSA) is 15.3 Å². The van der Waals surface area contributed by atoms with E-state index >= 15 is 0 Å². The molecule has 0 amide bonds. The Bertz CT molecular complexity index is 390. The predicted molar refractivity (Wildman–Crippen MR) is 61.7 cm³/mol. The molecule has 0 saturated carbocycles. The SMILES string of the molecule is CNCCN(C)Cc1cc(F)cc(C(F)(F)F)c1. The summed E-state index contributed by atoms with van der Waals surface area (Å²) in [5.74, 6) is -0.859. The lowest BCUT2D eigenvalue weighted by molar-refractivity contribution is -0.137. The molecule has 6 heteroatoms. The van der Waals surface area contributed by atoms with E-state index in [0.29, 0.717) is 18.2 Å². The van der Waals surface area contributed by atoms with Crippen LogP contribution < -0.4 is 5.32 Å². The minimum absolute atomic E-state index is 0.280. The molecule has 1 aromatic rings. The van der Waals surface area contributed by atoms with Gasteiger partial charge in [-0.15, -0.1) is 0 Å². The van der Waals surface area contributed by atoms with Gasteiger partial charge in [0.25, 0.3) is 0 Å². The highest BCUT2D eigenvalue weighted by Crippen LogP contribution is 2.30. The van der Waals surface area contributed by atoms with Crippen molar-refractivity contribution in [3.63, 3.8) is 0 Å². The molecule has 0 aliphatic rings. The molecular formula is C12H16F4N2. The number of hydrogen-bond donors (Lipinski definition) is 1. The van der Waals surface area contributed by atoms with Gasteiger partial charge in [-0.3, -0.25) is 0 Å². The van der Waals surface area contributed by atoms with E-state index in [1.54, 1.807) is 14.1 Å². The van der Waals surface area contributed by atoms with E-state index in [0.717, 1.165) is 18.7 Å². The molecule has 0 fully saturated rings. The van der Waals surface area contributed by atoms with Gasteiger partial charge in [0.05, 0.1) is 5.56 Å². The molecular weight excluding hydrogens is 248 g/mol. The van der Waals surface area contributed by atoms with Crippen molar-refractivity contribution in [3.05, 3.63) is 35.1 Å². The number of hydrogen-bond acceptors (Lipinski definition) is 2. The van der Waals surface area contributed by atoms with Crippen LogP contribution in [0.5, 0.6) is 0 Å². The Morgan fingerprint density at radius 1 is 1.22 bits per heavy atom. The minimum atomic E-state index is -4.51. The summed E-state index contributed by atoms with van der Waals surface area (Å²) in [6, 6.07) is 2.63. The summed E-state index contributed by atoms with van der Waals surface area (Å²) in [4.78, 5) is 1.82. The van der Waals surface area contributed by atoms with E-state index in [2.05, 4.69) is 5.32 Å². The fraction of sp³-hybridized carbons (Fsp3) is 0.500. The first-order valence-corrected chi connectivity index (χ1v) is 5.52. The molecule has 0 aliphatic carbocycles. The number of nitrogens with zero attached hydrogens (tertiary/aromatic N) is 1. The van der Waals surface area contributed by atoms with Crippen LogP contribution in [-0.4, -0.2) is 32.1 Å². The van der Waals surface area contributed by atoms with Crippen LogP contribution in [0.2, 0.25) is 0 Å². The third kappa shape index (κ3) is 4.62. The highest BCUT2D eigenvalue weighted by molar-refractivity contribution is 5.26. The lowest BCUT2D eigenvalue weighted by Crippen LogP contribution is -2.27. The molecule has 0 aromatic heterocycles. The highest BCUT2D eigenvalue weighted by Gasteiger charge is 2.31. The average molecular weight is 264 g/mol. The zero-order valence-corrected chi connectivity index (χ0v) is 10.3. The standard InChI is InChI=1S/C12H16F4N2/c1-17-3-4-18(2)8-9-5-10(12(14,15)16)7-11(13)6-9/h5-7,17H,3-4,8H2,1-2H3. The summed E-state index contributed by atoms with van der Waals surface area (Å²) < 4.78 is 50.6. The summed E-state index contributed by atoms with van der Waals surface area (Å²) in [6.07, 6.45) is -4.51.